The largest absolute Gasteiger partial charge is 0.484 e. The van der Waals surface area contributed by atoms with Gasteiger partial charge in [-0.1, -0.05) is 18.2 Å². The number of para-hydroxylation sites is 1. The van der Waals surface area contributed by atoms with E-state index in [4.69, 9.17) is 4.74 Å². The molecule has 1 heterocycles. The van der Waals surface area contributed by atoms with Gasteiger partial charge < -0.3 is 10.1 Å². The Labute approximate surface area is 156 Å². The Hall–Kier alpha value is -2.86. The number of carbonyl (C=O) groups is 1. The Morgan fingerprint density at radius 1 is 1.00 bits per heavy atom. The maximum atomic E-state index is 12.0. The number of benzene rings is 2. The molecule has 0 aliphatic carbocycles. The van der Waals surface area contributed by atoms with Gasteiger partial charge in [-0.2, -0.15) is 0 Å². The van der Waals surface area contributed by atoms with Crippen LogP contribution in [-0.4, -0.2) is 22.5 Å². The van der Waals surface area contributed by atoms with Gasteiger partial charge in [-0.05, 0) is 68.1 Å². The number of hydrogen-bond acceptors (Lipinski definition) is 5. The first-order valence-corrected chi connectivity index (χ1v) is 8.98. The second-order valence-corrected chi connectivity index (χ2v) is 6.75. The number of rotatable bonds is 6. The quantitative estimate of drug-likeness (QED) is 0.661. The van der Waals surface area contributed by atoms with E-state index in [-0.39, 0.29) is 12.5 Å². The van der Waals surface area contributed by atoms with Crippen LogP contribution in [0, 0.1) is 13.8 Å². The lowest BCUT2D eigenvalue weighted by atomic mass is 10.3. The minimum Gasteiger partial charge on any atom is -0.484 e. The summed E-state index contributed by atoms with van der Waals surface area (Å²) in [4.78, 5) is 21.8. The Kier molecular flexibility index (Phi) is 5.86. The van der Waals surface area contributed by atoms with Crippen LogP contribution in [0.25, 0.3) is 0 Å². The molecule has 2 aromatic carbocycles. The lowest BCUT2D eigenvalue weighted by Crippen LogP contribution is -2.20. The third-order valence-corrected chi connectivity index (χ3v) is 4.30. The number of aryl methyl sites for hydroxylation is 2. The summed E-state index contributed by atoms with van der Waals surface area (Å²) in [6, 6.07) is 18.8. The molecule has 0 saturated heterocycles. The summed E-state index contributed by atoms with van der Waals surface area (Å²) in [5, 5.41) is 3.54. The number of ether oxygens (including phenoxy) is 1. The molecular formula is C20H19N3O2S. The van der Waals surface area contributed by atoms with E-state index in [2.05, 4.69) is 15.3 Å². The van der Waals surface area contributed by atoms with Gasteiger partial charge in [0.1, 0.15) is 5.75 Å². The van der Waals surface area contributed by atoms with Gasteiger partial charge in [0, 0.05) is 22.0 Å². The zero-order valence-electron chi connectivity index (χ0n) is 14.6. The minimum absolute atomic E-state index is 0.0308. The van der Waals surface area contributed by atoms with E-state index in [1.807, 2.05) is 74.5 Å². The third-order valence-electron chi connectivity index (χ3n) is 3.42. The van der Waals surface area contributed by atoms with E-state index in [1.165, 1.54) is 11.8 Å². The van der Waals surface area contributed by atoms with Crippen molar-refractivity contribution in [2.24, 2.45) is 0 Å². The van der Waals surface area contributed by atoms with Gasteiger partial charge in [0.15, 0.2) is 11.8 Å². The monoisotopic (exact) mass is 365 g/mol. The molecule has 6 heteroatoms. The zero-order chi connectivity index (χ0) is 18.4. The summed E-state index contributed by atoms with van der Waals surface area (Å²) in [6.45, 7) is 3.88. The number of nitrogens with zero attached hydrogens (tertiary/aromatic N) is 2. The number of aromatic nitrogens is 2. The maximum absolute atomic E-state index is 12.0. The van der Waals surface area contributed by atoms with Crippen LogP contribution in [-0.2, 0) is 4.79 Å². The highest BCUT2D eigenvalue weighted by molar-refractivity contribution is 7.99. The summed E-state index contributed by atoms with van der Waals surface area (Å²) in [5.41, 5.74) is 2.61. The number of amides is 1. The average Bonchev–Trinajstić information content (AvgIpc) is 2.62. The smallest absolute Gasteiger partial charge is 0.262 e. The van der Waals surface area contributed by atoms with Crippen LogP contribution in [0.3, 0.4) is 0 Å². The van der Waals surface area contributed by atoms with E-state index in [0.29, 0.717) is 5.75 Å². The first-order valence-electron chi connectivity index (χ1n) is 8.16. The van der Waals surface area contributed by atoms with Gasteiger partial charge in [0.05, 0.1) is 0 Å². The molecule has 0 fully saturated rings. The van der Waals surface area contributed by atoms with Crippen LogP contribution in [0.15, 0.2) is 70.7 Å². The van der Waals surface area contributed by atoms with Crippen molar-refractivity contribution < 1.29 is 9.53 Å². The molecule has 0 spiro atoms. The van der Waals surface area contributed by atoms with Gasteiger partial charge in [-0.3, -0.25) is 4.79 Å². The average molecular weight is 365 g/mol. The molecule has 0 bridgehead atoms. The zero-order valence-corrected chi connectivity index (χ0v) is 15.4. The Balaban J connectivity index is 1.54. The van der Waals surface area contributed by atoms with Crippen LogP contribution >= 0.6 is 11.8 Å². The van der Waals surface area contributed by atoms with Gasteiger partial charge in [-0.25, -0.2) is 9.97 Å². The van der Waals surface area contributed by atoms with Gasteiger partial charge in [0.2, 0.25) is 0 Å². The van der Waals surface area contributed by atoms with Crippen LogP contribution in [0.4, 0.5) is 5.69 Å². The topological polar surface area (TPSA) is 64.1 Å². The molecule has 5 nitrogen and oxygen atoms in total. The van der Waals surface area contributed by atoms with Crippen molar-refractivity contribution in [1.29, 1.82) is 0 Å². The summed E-state index contributed by atoms with van der Waals surface area (Å²) < 4.78 is 5.43. The first-order chi connectivity index (χ1) is 12.6. The van der Waals surface area contributed by atoms with Crippen LogP contribution in [0.2, 0.25) is 0 Å². The standard InChI is InChI=1S/C20H19N3O2S/c1-14-12-15(2)22-20(21-14)26-18-10-8-16(9-11-18)23-19(24)13-25-17-6-4-3-5-7-17/h3-12H,13H2,1-2H3,(H,23,24). The van der Waals surface area contributed by atoms with Crippen LogP contribution in [0.1, 0.15) is 11.4 Å². The van der Waals surface area contributed by atoms with Gasteiger partial charge in [0.25, 0.3) is 5.91 Å². The SMILES string of the molecule is Cc1cc(C)nc(Sc2ccc(NC(=O)COc3ccccc3)cc2)n1. The Bertz CT molecular complexity index is 863. The molecule has 132 valence electrons. The molecule has 3 rings (SSSR count). The summed E-state index contributed by atoms with van der Waals surface area (Å²) in [5.74, 6) is 0.467. The van der Waals surface area contributed by atoms with Gasteiger partial charge in [-0.15, -0.1) is 0 Å². The number of hydrogen-bond donors (Lipinski definition) is 1. The lowest BCUT2D eigenvalue weighted by molar-refractivity contribution is -0.118. The van der Waals surface area contributed by atoms with Crippen molar-refractivity contribution in [2.75, 3.05) is 11.9 Å². The maximum Gasteiger partial charge on any atom is 0.262 e. The Morgan fingerprint density at radius 2 is 1.65 bits per heavy atom. The fourth-order valence-corrected chi connectivity index (χ4v) is 3.18. The van der Waals surface area contributed by atoms with E-state index in [1.54, 1.807) is 0 Å². The molecule has 1 amide bonds. The van der Waals surface area contributed by atoms with E-state index in [9.17, 15) is 4.79 Å². The normalized spacial score (nSPS) is 10.4. The fourth-order valence-electron chi connectivity index (χ4n) is 2.31. The van der Waals surface area contributed by atoms with Crippen molar-refractivity contribution in [3.05, 3.63) is 72.1 Å². The second-order valence-electron chi connectivity index (χ2n) is 5.71. The van der Waals surface area contributed by atoms with Gasteiger partial charge >= 0.3 is 0 Å². The number of carbonyl (C=O) groups excluding carboxylic acids is 1. The highest BCUT2D eigenvalue weighted by atomic mass is 32.2. The van der Waals surface area contributed by atoms with E-state index in [0.717, 1.165) is 27.1 Å². The van der Waals surface area contributed by atoms with Crippen LogP contribution < -0.4 is 10.1 Å². The summed E-state index contributed by atoms with van der Waals surface area (Å²) >= 11 is 1.49. The van der Waals surface area contributed by atoms with Crippen molar-refractivity contribution >= 4 is 23.4 Å². The highest BCUT2D eigenvalue weighted by Crippen LogP contribution is 2.26. The highest BCUT2D eigenvalue weighted by Gasteiger charge is 2.06. The van der Waals surface area contributed by atoms with Crippen LogP contribution in [0.5, 0.6) is 5.75 Å². The molecule has 1 N–H and O–H groups in total. The molecule has 1 aromatic heterocycles. The number of nitrogens with one attached hydrogen (secondary N) is 1. The molecule has 0 atom stereocenters. The van der Waals surface area contributed by atoms with Crippen molar-refractivity contribution in [3.8, 4) is 5.75 Å². The summed E-state index contributed by atoms with van der Waals surface area (Å²) in [6.07, 6.45) is 0. The van der Waals surface area contributed by atoms with Crippen molar-refractivity contribution in [3.63, 3.8) is 0 Å². The van der Waals surface area contributed by atoms with E-state index >= 15 is 0 Å². The minimum atomic E-state index is -0.202. The second kappa shape index (κ2) is 8.49. The van der Waals surface area contributed by atoms with E-state index < -0.39 is 0 Å². The predicted octanol–water partition coefficient (Wildman–Crippen LogP) is 4.26. The number of anilines is 1. The lowest BCUT2D eigenvalue weighted by Gasteiger charge is -2.08. The molecule has 26 heavy (non-hydrogen) atoms. The molecule has 3 aromatic rings. The molecule has 0 aliphatic heterocycles. The van der Waals surface area contributed by atoms with Crippen molar-refractivity contribution in [2.45, 2.75) is 23.9 Å². The molecule has 0 saturated carbocycles. The Morgan fingerprint density at radius 3 is 2.31 bits per heavy atom. The molecule has 0 radical (unpaired) electrons. The molecular weight excluding hydrogens is 346 g/mol. The fraction of sp³-hybridized carbons (Fsp3) is 0.150. The molecule has 0 unspecified atom stereocenters. The molecule has 0 aliphatic rings. The summed E-state index contributed by atoms with van der Waals surface area (Å²) in [7, 11) is 0. The predicted molar refractivity (Wildman–Crippen MR) is 103 cm³/mol. The first kappa shape index (κ1) is 17.9. The third kappa shape index (κ3) is 5.32. The van der Waals surface area contributed by atoms with Crippen molar-refractivity contribution in [1.82, 2.24) is 9.97 Å².